The van der Waals surface area contributed by atoms with Crippen LogP contribution in [0.3, 0.4) is 0 Å². The fourth-order valence-electron chi connectivity index (χ4n) is 1.16. The number of aldehydes is 1. The van der Waals surface area contributed by atoms with E-state index < -0.39 is 0 Å². The molecule has 0 aliphatic rings. The van der Waals surface area contributed by atoms with Crippen molar-refractivity contribution < 1.29 is 9.53 Å². The van der Waals surface area contributed by atoms with E-state index in [4.69, 9.17) is 4.74 Å². The first kappa shape index (κ1) is 11.3. The van der Waals surface area contributed by atoms with Crippen LogP contribution >= 0.6 is 11.8 Å². The van der Waals surface area contributed by atoms with Crippen LogP contribution in [0.2, 0.25) is 0 Å². The van der Waals surface area contributed by atoms with E-state index in [-0.39, 0.29) is 0 Å². The van der Waals surface area contributed by atoms with Gasteiger partial charge in [0.2, 0.25) is 0 Å². The van der Waals surface area contributed by atoms with Crippen LogP contribution in [0.4, 0.5) is 0 Å². The quantitative estimate of drug-likeness (QED) is 0.552. The number of hydrogen-bond donors (Lipinski definition) is 0. The standard InChI is InChI=1S/C11H14O2S/c1-9(8-13-2)14-11-5-3-4-10(6-11)7-12/h3-7,9H,8H2,1-2H3. The number of carbonyl (C=O) groups excluding carboxylic acids is 1. The summed E-state index contributed by atoms with van der Waals surface area (Å²) < 4.78 is 5.04. The van der Waals surface area contributed by atoms with Crippen LogP contribution in [0.5, 0.6) is 0 Å². The highest BCUT2D eigenvalue weighted by atomic mass is 32.2. The predicted molar refractivity (Wildman–Crippen MR) is 59.0 cm³/mol. The van der Waals surface area contributed by atoms with Crippen molar-refractivity contribution in [3.63, 3.8) is 0 Å². The number of carbonyl (C=O) groups is 1. The van der Waals surface area contributed by atoms with Crippen molar-refractivity contribution in [3.05, 3.63) is 29.8 Å². The minimum absolute atomic E-state index is 0.405. The van der Waals surface area contributed by atoms with Crippen LogP contribution in [0, 0.1) is 0 Å². The van der Waals surface area contributed by atoms with Gasteiger partial charge in [-0.25, -0.2) is 0 Å². The van der Waals surface area contributed by atoms with Gasteiger partial charge in [-0.2, -0.15) is 0 Å². The number of ether oxygens (including phenoxy) is 1. The second-order valence-electron chi connectivity index (χ2n) is 3.07. The van der Waals surface area contributed by atoms with E-state index >= 15 is 0 Å². The molecule has 0 fully saturated rings. The summed E-state index contributed by atoms with van der Waals surface area (Å²) in [5, 5.41) is 0.405. The maximum atomic E-state index is 10.5. The fourth-order valence-corrected chi connectivity index (χ4v) is 2.19. The molecule has 0 amide bonds. The maximum absolute atomic E-state index is 10.5. The Morgan fingerprint density at radius 3 is 3.00 bits per heavy atom. The number of methoxy groups -OCH3 is 1. The normalized spacial score (nSPS) is 12.4. The van der Waals surface area contributed by atoms with Gasteiger partial charge in [0, 0.05) is 22.8 Å². The second-order valence-corrected chi connectivity index (χ2v) is 4.59. The minimum atomic E-state index is 0.405. The first-order chi connectivity index (χ1) is 6.76. The molecule has 1 aromatic rings. The monoisotopic (exact) mass is 210 g/mol. The molecule has 0 saturated carbocycles. The van der Waals surface area contributed by atoms with Crippen LogP contribution in [0.15, 0.2) is 29.2 Å². The molecule has 0 aliphatic carbocycles. The lowest BCUT2D eigenvalue weighted by molar-refractivity contribution is 0.112. The predicted octanol–water partition coefficient (Wildman–Crippen LogP) is 2.63. The zero-order valence-corrected chi connectivity index (χ0v) is 9.21. The molecule has 1 aromatic carbocycles. The van der Waals surface area contributed by atoms with Gasteiger partial charge in [0.05, 0.1) is 6.61 Å². The van der Waals surface area contributed by atoms with E-state index in [2.05, 4.69) is 6.92 Å². The molecule has 14 heavy (non-hydrogen) atoms. The van der Waals surface area contributed by atoms with Gasteiger partial charge in [0.15, 0.2) is 0 Å². The summed E-state index contributed by atoms with van der Waals surface area (Å²) >= 11 is 1.71. The smallest absolute Gasteiger partial charge is 0.150 e. The lowest BCUT2D eigenvalue weighted by Crippen LogP contribution is -2.04. The summed E-state index contributed by atoms with van der Waals surface area (Å²) in [6.45, 7) is 2.82. The molecular formula is C11H14O2S. The van der Waals surface area contributed by atoms with Gasteiger partial charge < -0.3 is 4.74 Å². The van der Waals surface area contributed by atoms with Crippen LogP contribution in [-0.4, -0.2) is 25.3 Å². The van der Waals surface area contributed by atoms with Crippen LogP contribution < -0.4 is 0 Å². The van der Waals surface area contributed by atoms with E-state index in [0.717, 1.165) is 23.4 Å². The number of thioether (sulfide) groups is 1. The molecular weight excluding hydrogens is 196 g/mol. The number of hydrogen-bond acceptors (Lipinski definition) is 3. The third kappa shape index (κ3) is 3.52. The first-order valence-corrected chi connectivity index (χ1v) is 5.35. The zero-order chi connectivity index (χ0) is 10.4. The van der Waals surface area contributed by atoms with Crippen molar-refractivity contribution in [2.24, 2.45) is 0 Å². The molecule has 3 heteroatoms. The Kier molecular flexibility index (Phi) is 4.70. The third-order valence-corrected chi connectivity index (χ3v) is 2.80. The Labute approximate surface area is 88.7 Å². The molecule has 2 nitrogen and oxygen atoms in total. The highest BCUT2D eigenvalue weighted by Gasteiger charge is 2.03. The summed E-state index contributed by atoms with van der Waals surface area (Å²) in [6.07, 6.45) is 0.866. The fraction of sp³-hybridized carbons (Fsp3) is 0.364. The summed E-state index contributed by atoms with van der Waals surface area (Å²) in [6, 6.07) is 7.59. The van der Waals surface area contributed by atoms with Crippen molar-refractivity contribution in [2.45, 2.75) is 17.1 Å². The van der Waals surface area contributed by atoms with E-state index in [0.29, 0.717) is 5.25 Å². The van der Waals surface area contributed by atoms with Gasteiger partial charge in [-0.3, -0.25) is 4.79 Å². The Bertz CT molecular complexity index is 299. The maximum Gasteiger partial charge on any atom is 0.150 e. The molecule has 0 radical (unpaired) electrons. The third-order valence-electron chi connectivity index (χ3n) is 1.73. The van der Waals surface area contributed by atoms with Crippen LogP contribution in [0.25, 0.3) is 0 Å². The molecule has 0 saturated heterocycles. The first-order valence-electron chi connectivity index (χ1n) is 4.47. The Balaban J connectivity index is 2.61. The van der Waals surface area contributed by atoms with E-state index in [1.807, 2.05) is 18.2 Å². The van der Waals surface area contributed by atoms with E-state index in [1.54, 1.807) is 24.9 Å². The van der Waals surface area contributed by atoms with Crippen molar-refractivity contribution in [3.8, 4) is 0 Å². The molecule has 76 valence electrons. The average Bonchev–Trinajstić information content (AvgIpc) is 2.18. The Hall–Kier alpha value is -0.800. The molecule has 1 unspecified atom stereocenters. The minimum Gasteiger partial charge on any atom is -0.384 e. The SMILES string of the molecule is COCC(C)Sc1cccc(C=O)c1. The molecule has 0 spiro atoms. The molecule has 1 atom stereocenters. The summed E-state index contributed by atoms with van der Waals surface area (Å²) in [5.74, 6) is 0. The lowest BCUT2D eigenvalue weighted by atomic mass is 10.2. The number of rotatable bonds is 5. The van der Waals surface area contributed by atoms with Gasteiger partial charge in [-0.05, 0) is 12.1 Å². The van der Waals surface area contributed by atoms with E-state index in [9.17, 15) is 4.79 Å². The van der Waals surface area contributed by atoms with Gasteiger partial charge >= 0.3 is 0 Å². The second kappa shape index (κ2) is 5.83. The van der Waals surface area contributed by atoms with Crippen molar-refractivity contribution in [1.29, 1.82) is 0 Å². The Morgan fingerprint density at radius 1 is 1.57 bits per heavy atom. The lowest BCUT2D eigenvalue weighted by Gasteiger charge is -2.09. The van der Waals surface area contributed by atoms with Crippen molar-refractivity contribution >= 4 is 18.0 Å². The van der Waals surface area contributed by atoms with Crippen LogP contribution in [0.1, 0.15) is 17.3 Å². The molecule has 0 heterocycles. The molecule has 0 bridgehead atoms. The van der Waals surface area contributed by atoms with Crippen LogP contribution in [-0.2, 0) is 4.74 Å². The molecule has 1 rings (SSSR count). The summed E-state index contributed by atoms with van der Waals surface area (Å²) in [5.41, 5.74) is 0.722. The van der Waals surface area contributed by atoms with Gasteiger partial charge in [-0.1, -0.05) is 19.1 Å². The largest absolute Gasteiger partial charge is 0.384 e. The van der Waals surface area contributed by atoms with Gasteiger partial charge in [0.1, 0.15) is 6.29 Å². The van der Waals surface area contributed by atoms with Gasteiger partial charge in [-0.15, -0.1) is 11.8 Å². The molecule has 0 N–H and O–H groups in total. The van der Waals surface area contributed by atoms with E-state index in [1.165, 1.54) is 0 Å². The average molecular weight is 210 g/mol. The summed E-state index contributed by atoms with van der Waals surface area (Å²) in [7, 11) is 1.69. The molecule has 0 aromatic heterocycles. The highest BCUT2D eigenvalue weighted by molar-refractivity contribution is 8.00. The highest BCUT2D eigenvalue weighted by Crippen LogP contribution is 2.23. The topological polar surface area (TPSA) is 26.3 Å². The van der Waals surface area contributed by atoms with Crippen molar-refractivity contribution in [1.82, 2.24) is 0 Å². The zero-order valence-electron chi connectivity index (χ0n) is 8.40. The number of benzene rings is 1. The Morgan fingerprint density at radius 2 is 2.36 bits per heavy atom. The molecule has 0 aliphatic heterocycles. The van der Waals surface area contributed by atoms with Gasteiger partial charge in [0.25, 0.3) is 0 Å². The van der Waals surface area contributed by atoms with Crippen molar-refractivity contribution in [2.75, 3.05) is 13.7 Å². The summed E-state index contributed by atoms with van der Waals surface area (Å²) in [4.78, 5) is 11.6.